The maximum absolute atomic E-state index is 14.8. The summed E-state index contributed by atoms with van der Waals surface area (Å²) in [5.41, 5.74) is 0.540. The fourth-order valence-corrected chi connectivity index (χ4v) is 7.28. The Labute approximate surface area is 241 Å². The van der Waals surface area contributed by atoms with Crippen molar-refractivity contribution in [2.24, 2.45) is 11.8 Å². The largest absolute Gasteiger partial charge is 0.508 e. The van der Waals surface area contributed by atoms with Crippen LogP contribution >= 0.6 is 0 Å². The summed E-state index contributed by atoms with van der Waals surface area (Å²) in [4.78, 5) is 24.3. The van der Waals surface area contributed by atoms with Crippen LogP contribution in [0.25, 0.3) is 33.0 Å². The maximum Gasteiger partial charge on any atom is 0.349 e. The smallest absolute Gasteiger partial charge is 0.349 e. The van der Waals surface area contributed by atoms with Crippen molar-refractivity contribution in [1.82, 2.24) is 14.9 Å². The predicted octanol–water partition coefficient (Wildman–Crippen LogP) is 5.97. The summed E-state index contributed by atoms with van der Waals surface area (Å²) in [6.45, 7) is 3.61. The fraction of sp³-hybridized carbons (Fsp3) is 0.469. The second kappa shape index (κ2) is 10.5. The number of halogens is 2. The van der Waals surface area contributed by atoms with Crippen LogP contribution in [0.4, 0.5) is 14.6 Å². The first-order valence-electron chi connectivity index (χ1n) is 14.7. The van der Waals surface area contributed by atoms with Gasteiger partial charge in [-0.1, -0.05) is 12.1 Å². The molecule has 0 radical (unpaired) electrons. The molecule has 2 aliphatic heterocycles. The van der Waals surface area contributed by atoms with E-state index < -0.39 is 17.6 Å². The van der Waals surface area contributed by atoms with Gasteiger partial charge in [-0.3, -0.25) is 4.90 Å². The number of hydrogen-bond donors (Lipinski definition) is 2. The Morgan fingerprint density at radius 2 is 1.93 bits per heavy atom. The summed E-state index contributed by atoms with van der Waals surface area (Å²) in [7, 11) is 1.47. The Morgan fingerprint density at radius 1 is 1.12 bits per heavy atom. The van der Waals surface area contributed by atoms with Gasteiger partial charge in [0.25, 0.3) is 0 Å². The first-order valence-corrected chi connectivity index (χ1v) is 14.7. The summed E-state index contributed by atoms with van der Waals surface area (Å²) in [6.07, 6.45) is 6.20. The highest BCUT2D eigenvalue weighted by Gasteiger charge is 2.46. The maximum atomic E-state index is 14.8. The predicted molar refractivity (Wildman–Crippen MR) is 156 cm³/mol. The summed E-state index contributed by atoms with van der Waals surface area (Å²) in [5, 5.41) is 14.6. The number of fused-ring (bicyclic) bond motifs is 4. The van der Waals surface area contributed by atoms with Crippen molar-refractivity contribution in [3.8, 4) is 23.1 Å². The van der Waals surface area contributed by atoms with Crippen LogP contribution in [-0.4, -0.2) is 58.4 Å². The van der Waals surface area contributed by atoms with Crippen LogP contribution in [0.2, 0.25) is 0 Å². The molecule has 2 aliphatic carbocycles. The number of benzene rings is 2. The van der Waals surface area contributed by atoms with Gasteiger partial charge in [-0.15, -0.1) is 0 Å². The molecule has 4 fully saturated rings. The average Bonchev–Trinajstić information content (AvgIpc) is 3.23. The molecule has 8 rings (SSSR count). The zero-order valence-electron chi connectivity index (χ0n) is 23.7. The Morgan fingerprint density at radius 3 is 2.69 bits per heavy atom. The number of aromatic hydroxyl groups is 1. The molecule has 8 nitrogen and oxygen atoms in total. The molecular formula is C32H34F2N4O4. The normalized spacial score (nSPS) is 26.1. The molecule has 2 aromatic carbocycles. The SMILES string of the molecule is COc1nc(NC2CC3CC3C2)c2c(=O)oc(-c3cc(O)cc4cccc(F)c34)c(C)c2n1.FC1CC2CCCN2C1. The molecule has 4 aromatic rings. The number of nitrogens with zero attached hydrogens (tertiary/aromatic N) is 3. The number of rotatable bonds is 4. The number of alkyl halides is 1. The fourth-order valence-electron chi connectivity index (χ4n) is 7.28. The molecule has 220 valence electrons. The molecule has 42 heavy (non-hydrogen) atoms. The molecular weight excluding hydrogens is 542 g/mol. The Balaban J connectivity index is 0.000000272. The van der Waals surface area contributed by atoms with Crippen molar-refractivity contribution in [2.75, 3.05) is 25.5 Å². The summed E-state index contributed by atoms with van der Waals surface area (Å²) in [5.74, 6) is 1.51. The van der Waals surface area contributed by atoms with Crippen molar-refractivity contribution in [1.29, 1.82) is 0 Å². The minimum atomic E-state index is -0.633. The van der Waals surface area contributed by atoms with E-state index in [-0.39, 0.29) is 39.9 Å². The van der Waals surface area contributed by atoms with E-state index in [0.717, 1.165) is 37.6 Å². The van der Waals surface area contributed by atoms with Gasteiger partial charge in [0.2, 0.25) is 0 Å². The van der Waals surface area contributed by atoms with Crippen LogP contribution in [0.15, 0.2) is 39.5 Å². The highest BCUT2D eigenvalue weighted by Crippen LogP contribution is 2.52. The number of nitrogens with one attached hydrogen (secondary N) is 1. The molecule has 2 saturated carbocycles. The van der Waals surface area contributed by atoms with E-state index in [1.54, 1.807) is 19.1 Å². The average molecular weight is 577 g/mol. The molecule has 2 N–H and O–H groups in total. The van der Waals surface area contributed by atoms with Crippen LogP contribution in [0.5, 0.6) is 11.8 Å². The topological polar surface area (TPSA) is 101 Å². The molecule has 4 atom stereocenters. The van der Waals surface area contributed by atoms with Crippen LogP contribution in [0, 0.1) is 24.6 Å². The van der Waals surface area contributed by atoms with E-state index in [4.69, 9.17) is 9.15 Å². The zero-order chi connectivity index (χ0) is 29.1. The number of hydrogen-bond acceptors (Lipinski definition) is 8. The molecule has 0 spiro atoms. The molecule has 0 amide bonds. The third-order valence-electron chi connectivity index (χ3n) is 9.37. The lowest BCUT2D eigenvalue weighted by Crippen LogP contribution is -2.22. The first kappa shape index (κ1) is 27.1. The van der Waals surface area contributed by atoms with Gasteiger partial charge in [-0.05, 0) is 87.4 Å². The summed E-state index contributed by atoms with van der Waals surface area (Å²) in [6, 6.07) is 8.42. The molecule has 2 aromatic heterocycles. The van der Waals surface area contributed by atoms with E-state index in [1.165, 1.54) is 44.6 Å². The monoisotopic (exact) mass is 576 g/mol. The van der Waals surface area contributed by atoms with Crippen molar-refractivity contribution in [3.63, 3.8) is 0 Å². The van der Waals surface area contributed by atoms with Gasteiger partial charge >= 0.3 is 11.6 Å². The third-order valence-corrected chi connectivity index (χ3v) is 9.37. The lowest BCUT2D eigenvalue weighted by atomic mass is 9.98. The van der Waals surface area contributed by atoms with E-state index >= 15 is 0 Å². The number of aromatic nitrogens is 2. The zero-order valence-corrected chi connectivity index (χ0v) is 23.7. The van der Waals surface area contributed by atoms with Crippen molar-refractivity contribution in [3.05, 3.63) is 52.1 Å². The highest BCUT2D eigenvalue weighted by molar-refractivity contribution is 6.00. The highest BCUT2D eigenvalue weighted by atomic mass is 19.1. The van der Waals surface area contributed by atoms with Crippen molar-refractivity contribution >= 4 is 27.5 Å². The Hall–Kier alpha value is -3.79. The molecule has 10 heteroatoms. The molecule has 4 unspecified atom stereocenters. The Kier molecular flexibility index (Phi) is 6.76. The van der Waals surface area contributed by atoms with E-state index in [0.29, 0.717) is 34.9 Å². The van der Waals surface area contributed by atoms with Crippen LogP contribution < -0.4 is 15.7 Å². The molecule has 0 bridgehead atoms. The number of phenolic OH excluding ortho intramolecular Hbond substituents is 1. The molecule has 4 heterocycles. The number of ether oxygens (including phenoxy) is 1. The lowest BCUT2D eigenvalue weighted by Gasteiger charge is -2.17. The second-order valence-corrected chi connectivity index (χ2v) is 12.1. The quantitative estimate of drug-likeness (QED) is 0.307. The standard InChI is InChI=1S/C25H22FN3O4.C7H12FN/c1-11-21-20(23(29-25(28-21)32-2)27-15-7-13-6-14(13)8-15)24(31)33-22(11)17-10-16(30)9-12-4-3-5-18(26)19(12)17;8-6-4-7-2-1-3-9(7)5-6/h3-5,9-10,13-15,30H,6-8H2,1-2H3,(H,27,28,29);6-7H,1-5H2. The van der Waals surface area contributed by atoms with Gasteiger partial charge in [0, 0.05) is 35.1 Å². The van der Waals surface area contributed by atoms with Gasteiger partial charge in [-0.2, -0.15) is 9.97 Å². The van der Waals surface area contributed by atoms with Gasteiger partial charge < -0.3 is 19.6 Å². The third kappa shape index (κ3) is 4.85. The number of phenols is 1. The first-order chi connectivity index (χ1) is 20.3. The lowest BCUT2D eigenvalue weighted by molar-refractivity contribution is 0.292. The number of aryl methyl sites for hydroxylation is 1. The van der Waals surface area contributed by atoms with Crippen LogP contribution in [0.1, 0.15) is 44.1 Å². The number of anilines is 1. The molecule has 4 aliphatic rings. The second-order valence-electron chi connectivity index (χ2n) is 12.1. The molecule has 2 saturated heterocycles. The van der Waals surface area contributed by atoms with E-state index in [9.17, 15) is 18.7 Å². The van der Waals surface area contributed by atoms with Gasteiger partial charge in [-0.25, -0.2) is 13.6 Å². The van der Waals surface area contributed by atoms with E-state index in [1.807, 2.05) is 0 Å². The summed E-state index contributed by atoms with van der Waals surface area (Å²) < 4.78 is 38.5. The minimum Gasteiger partial charge on any atom is -0.508 e. The minimum absolute atomic E-state index is 0.0623. The van der Waals surface area contributed by atoms with E-state index in [2.05, 4.69) is 20.2 Å². The van der Waals surface area contributed by atoms with Crippen molar-refractivity contribution < 1.29 is 23.0 Å². The Bertz CT molecular complexity index is 1720. The van der Waals surface area contributed by atoms with Gasteiger partial charge in [0.1, 0.15) is 34.7 Å². The number of methoxy groups -OCH3 is 1. The van der Waals surface area contributed by atoms with Gasteiger partial charge in [0.05, 0.1) is 12.6 Å². The van der Waals surface area contributed by atoms with Crippen LogP contribution in [-0.2, 0) is 0 Å². The van der Waals surface area contributed by atoms with Crippen LogP contribution in [0.3, 0.4) is 0 Å². The summed E-state index contributed by atoms with van der Waals surface area (Å²) >= 11 is 0. The van der Waals surface area contributed by atoms with Crippen molar-refractivity contribution in [2.45, 2.75) is 63.7 Å². The van der Waals surface area contributed by atoms with Gasteiger partial charge in [0.15, 0.2) is 0 Å².